The molecule has 0 aliphatic carbocycles. The number of aromatic nitrogens is 1. The topological polar surface area (TPSA) is 45.7 Å². The van der Waals surface area contributed by atoms with E-state index in [1.807, 2.05) is 54.5 Å². The van der Waals surface area contributed by atoms with E-state index >= 15 is 0 Å². The first-order valence-electron chi connectivity index (χ1n) is 12.4. The van der Waals surface area contributed by atoms with Gasteiger partial charge in [-0.2, -0.15) is 0 Å². The Balaban J connectivity index is 1.18. The number of methoxy groups -OCH3 is 1. The lowest BCUT2D eigenvalue weighted by Crippen LogP contribution is -2.53. The van der Waals surface area contributed by atoms with Crippen LogP contribution < -0.4 is 0 Å². The van der Waals surface area contributed by atoms with E-state index in [2.05, 4.69) is 16.0 Å². The number of benzene rings is 2. The van der Waals surface area contributed by atoms with Gasteiger partial charge in [0.2, 0.25) is 0 Å². The number of pyridine rings is 1. The fraction of sp³-hybridized carbons (Fsp3) is 0.429. The van der Waals surface area contributed by atoms with Crippen LogP contribution in [0.5, 0.6) is 0 Å². The lowest BCUT2D eigenvalue weighted by Gasteiger charge is -2.44. The molecule has 2 fully saturated rings. The largest absolute Gasteiger partial charge is 0.380 e. The van der Waals surface area contributed by atoms with Gasteiger partial charge >= 0.3 is 0 Å². The van der Waals surface area contributed by atoms with Crippen molar-refractivity contribution in [3.05, 3.63) is 75.9 Å². The van der Waals surface area contributed by atoms with Crippen molar-refractivity contribution >= 4 is 40.0 Å². The molecule has 2 aromatic carbocycles. The average Bonchev–Trinajstić information content (AvgIpc) is 2.90. The second-order valence-electron chi connectivity index (χ2n) is 9.67. The van der Waals surface area contributed by atoms with Crippen molar-refractivity contribution in [1.82, 2.24) is 14.8 Å². The van der Waals surface area contributed by atoms with E-state index in [0.29, 0.717) is 27.6 Å². The molecule has 0 saturated carbocycles. The summed E-state index contributed by atoms with van der Waals surface area (Å²) in [6.45, 7) is 3.52. The molecule has 0 spiro atoms. The van der Waals surface area contributed by atoms with E-state index in [1.165, 1.54) is 5.56 Å². The van der Waals surface area contributed by atoms with E-state index in [1.54, 1.807) is 6.20 Å². The molecule has 0 radical (unpaired) electrons. The van der Waals surface area contributed by atoms with Crippen LogP contribution in [0.2, 0.25) is 10.0 Å². The van der Waals surface area contributed by atoms with E-state index in [9.17, 15) is 4.79 Å². The second-order valence-corrected chi connectivity index (χ2v) is 10.5. The third-order valence-electron chi connectivity index (χ3n) is 7.64. The van der Waals surface area contributed by atoms with Crippen LogP contribution in [0.25, 0.3) is 10.9 Å². The van der Waals surface area contributed by atoms with E-state index in [-0.39, 0.29) is 12.0 Å². The first-order valence-corrected chi connectivity index (χ1v) is 13.1. The number of para-hydroxylation sites is 1. The van der Waals surface area contributed by atoms with Crippen molar-refractivity contribution in [2.24, 2.45) is 5.92 Å². The van der Waals surface area contributed by atoms with Crippen LogP contribution in [0.15, 0.2) is 54.7 Å². The van der Waals surface area contributed by atoms with Gasteiger partial charge in [-0.1, -0.05) is 47.5 Å². The Morgan fingerprint density at radius 1 is 1.03 bits per heavy atom. The van der Waals surface area contributed by atoms with Crippen LogP contribution in [-0.2, 0) is 11.2 Å². The Morgan fingerprint density at radius 3 is 2.60 bits per heavy atom. The molecule has 0 unspecified atom stereocenters. The van der Waals surface area contributed by atoms with Crippen LogP contribution in [0.4, 0.5) is 0 Å². The monoisotopic (exact) mass is 511 g/mol. The van der Waals surface area contributed by atoms with Crippen molar-refractivity contribution in [2.45, 2.75) is 37.8 Å². The minimum Gasteiger partial charge on any atom is -0.380 e. The highest BCUT2D eigenvalue weighted by Gasteiger charge is 2.35. The lowest BCUT2D eigenvalue weighted by molar-refractivity contribution is -0.0325. The summed E-state index contributed by atoms with van der Waals surface area (Å²) in [6, 6.07) is 16.1. The minimum absolute atomic E-state index is 0.0860. The number of likely N-dealkylation sites (tertiary alicyclic amines) is 2. The molecule has 0 N–H and O–H groups in total. The van der Waals surface area contributed by atoms with Crippen molar-refractivity contribution in [1.29, 1.82) is 0 Å². The van der Waals surface area contributed by atoms with Crippen molar-refractivity contribution < 1.29 is 9.53 Å². The highest BCUT2D eigenvalue weighted by atomic mass is 35.5. The number of hydrogen-bond acceptors (Lipinski definition) is 4. The van der Waals surface area contributed by atoms with Gasteiger partial charge in [-0.15, -0.1) is 0 Å². The summed E-state index contributed by atoms with van der Waals surface area (Å²) in [7, 11) is 1.81. The minimum atomic E-state index is 0.0860. The quantitative estimate of drug-likeness (QED) is 0.439. The number of amides is 1. The molecule has 1 amide bonds. The maximum atomic E-state index is 13.3. The number of hydrogen-bond donors (Lipinski definition) is 0. The molecule has 7 heteroatoms. The Kier molecular flexibility index (Phi) is 7.59. The number of carbonyl (C=O) groups is 1. The van der Waals surface area contributed by atoms with Crippen LogP contribution >= 0.6 is 23.2 Å². The molecular weight excluding hydrogens is 481 g/mol. The molecule has 2 aliphatic rings. The molecule has 5 nitrogen and oxygen atoms in total. The summed E-state index contributed by atoms with van der Waals surface area (Å²) >= 11 is 12.3. The molecule has 184 valence electrons. The zero-order valence-electron chi connectivity index (χ0n) is 20.0. The van der Waals surface area contributed by atoms with E-state index in [0.717, 1.165) is 62.8 Å². The smallest absolute Gasteiger partial charge is 0.256 e. The zero-order chi connectivity index (χ0) is 24.4. The van der Waals surface area contributed by atoms with Gasteiger partial charge in [0.25, 0.3) is 5.91 Å². The molecule has 2 saturated heterocycles. The molecule has 1 aromatic heterocycles. The van der Waals surface area contributed by atoms with Gasteiger partial charge in [-0.05, 0) is 68.0 Å². The SMILES string of the molecule is CO[C@@H]1CN(C2CCN(C(=O)c3cccc4cccnc34)CC2)CC[C@@H]1Cc1ccc(Cl)c(Cl)c1. The summed E-state index contributed by atoms with van der Waals surface area (Å²) in [5.74, 6) is 0.539. The summed E-state index contributed by atoms with van der Waals surface area (Å²) < 4.78 is 5.94. The highest BCUT2D eigenvalue weighted by Crippen LogP contribution is 2.30. The molecule has 0 bridgehead atoms. The van der Waals surface area contributed by atoms with Gasteiger partial charge in [0.1, 0.15) is 0 Å². The standard InChI is InChI=1S/C28H31Cl2N3O2/c1-35-26-18-33(13-9-21(26)16-19-7-8-24(29)25(30)17-19)22-10-14-32(15-11-22)28(34)23-6-2-4-20-5-3-12-31-27(20)23/h2-8,12,17,21-22,26H,9-11,13-16,18H2,1H3/t21-,26-/m1/s1. The van der Waals surface area contributed by atoms with Gasteiger partial charge < -0.3 is 9.64 Å². The first-order chi connectivity index (χ1) is 17.0. The third kappa shape index (κ3) is 5.34. The Bertz CT molecular complexity index is 1190. The van der Waals surface area contributed by atoms with Gasteiger partial charge in [0.15, 0.2) is 0 Å². The number of rotatable bonds is 5. The number of fused-ring (bicyclic) bond motifs is 1. The summed E-state index contributed by atoms with van der Waals surface area (Å²) in [6.07, 6.45) is 5.92. The first kappa shape index (κ1) is 24.5. The van der Waals surface area contributed by atoms with E-state index in [4.69, 9.17) is 27.9 Å². The molecule has 2 atom stereocenters. The lowest BCUT2D eigenvalue weighted by atomic mass is 9.86. The van der Waals surface area contributed by atoms with Gasteiger partial charge in [0, 0.05) is 44.4 Å². The van der Waals surface area contributed by atoms with Crippen LogP contribution in [0.1, 0.15) is 35.2 Å². The number of halogens is 2. The fourth-order valence-corrected chi connectivity index (χ4v) is 5.99. The maximum Gasteiger partial charge on any atom is 0.256 e. The average molecular weight is 512 g/mol. The highest BCUT2D eigenvalue weighted by molar-refractivity contribution is 6.42. The molecule has 2 aliphatic heterocycles. The summed E-state index contributed by atoms with van der Waals surface area (Å²) in [5, 5.41) is 2.20. The number of carbonyl (C=O) groups excluding carboxylic acids is 1. The normalized spacial score (nSPS) is 22.0. The number of nitrogens with zero attached hydrogens (tertiary/aromatic N) is 3. The number of ether oxygens (including phenoxy) is 1. The Morgan fingerprint density at radius 2 is 1.83 bits per heavy atom. The summed E-state index contributed by atoms with van der Waals surface area (Å²) in [5.41, 5.74) is 2.69. The fourth-order valence-electron chi connectivity index (χ4n) is 5.67. The van der Waals surface area contributed by atoms with Crippen LogP contribution in [0.3, 0.4) is 0 Å². The molecule has 35 heavy (non-hydrogen) atoms. The van der Waals surface area contributed by atoms with Crippen LogP contribution in [-0.4, -0.2) is 66.1 Å². The van der Waals surface area contributed by atoms with Gasteiger partial charge in [-0.25, -0.2) is 0 Å². The Hall–Kier alpha value is -2.18. The Labute approximate surface area is 217 Å². The second kappa shape index (κ2) is 10.8. The summed E-state index contributed by atoms with van der Waals surface area (Å²) in [4.78, 5) is 22.3. The van der Waals surface area contributed by atoms with Crippen molar-refractivity contribution in [3.63, 3.8) is 0 Å². The molecule has 3 heterocycles. The molecule has 3 aromatic rings. The molecular formula is C28H31Cl2N3O2. The van der Waals surface area contributed by atoms with Gasteiger partial charge in [0.05, 0.1) is 27.2 Å². The van der Waals surface area contributed by atoms with Crippen molar-refractivity contribution in [3.8, 4) is 0 Å². The molecule has 5 rings (SSSR count). The predicted octanol–water partition coefficient (Wildman–Crippen LogP) is 5.73. The van der Waals surface area contributed by atoms with Gasteiger partial charge in [-0.3, -0.25) is 14.7 Å². The zero-order valence-corrected chi connectivity index (χ0v) is 21.5. The number of piperidine rings is 2. The maximum absolute atomic E-state index is 13.3. The van der Waals surface area contributed by atoms with E-state index < -0.39 is 0 Å². The van der Waals surface area contributed by atoms with Crippen molar-refractivity contribution in [2.75, 3.05) is 33.3 Å². The van der Waals surface area contributed by atoms with Crippen LogP contribution in [0, 0.1) is 5.92 Å². The predicted molar refractivity (Wildman–Crippen MR) is 141 cm³/mol. The third-order valence-corrected chi connectivity index (χ3v) is 8.38.